The lowest BCUT2D eigenvalue weighted by molar-refractivity contribution is 0.0981. The van der Waals surface area contributed by atoms with Gasteiger partial charge in [-0.15, -0.1) is 0 Å². The average molecular weight is 307 g/mol. The highest BCUT2D eigenvalue weighted by Gasteiger charge is 2.36. The molecule has 1 aromatic rings. The Labute approximate surface area is 131 Å². The second-order valence-electron chi connectivity index (χ2n) is 7.23. The summed E-state index contributed by atoms with van der Waals surface area (Å²) < 4.78 is 6.19. The summed E-state index contributed by atoms with van der Waals surface area (Å²) >= 11 is 0. The van der Waals surface area contributed by atoms with Gasteiger partial charge in [0.2, 0.25) is 0 Å². The van der Waals surface area contributed by atoms with Crippen LogP contribution in [0.15, 0.2) is 24.3 Å². The van der Waals surface area contributed by atoms with E-state index in [1.165, 1.54) is 5.56 Å². The number of ketones is 1. The Morgan fingerprint density at radius 1 is 1.14 bits per heavy atom. The largest absolute Gasteiger partial charge is 0.416 e. The van der Waals surface area contributed by atoms with Crippen molar-refractivity contribution in [2.45, 2.75) is 65.1 Å². The van der Waals surface area contributed by atoms with Gasteiger partial charge in [0.15, 0.2) is 14.1 Å². The monoisotopic (exact) mass is 306 g/mol. The van der Waals surface area contributed by atoms with E-state index in [2.05, 4.69) is 46.0 Å². The minimum atomic E-state index is -1.65. The first-order valence-corrected chi connectivity index (χ1v) is 10.8. The Bertz CT molecular complexity index is 455. The van der Waals surface area contributed by atoms with Crippen LogP contribution in [0.25, 0.3) is 0 Å². The van der Waals surface area contributed by atoms with Gasteiger partial charge in [-0.05, 0) is 36.5 Å². The number of carbonyl (C=O) groups excluding carboxylic acids is 1. The Balaban J connectivity index is 2.52. The van der Waals surface area contributed by atoms with E-state index in [1.54, 1.807) is 0 Å². The number of Topliss-reactive ketones (excluding diaryl/α,β-unsaturated/α-hetero) is 1. The second kappa shape index (κ2) is 7.37. The third kappa shape index (κ3) is 5.40. The standard InChI is InChI=1S/C18H30O2Si/c1-7-8-17(19)16-11-9-15(10-12-16)13-14-20-21(5,6)18(2,3)4/h9-12H,7-8,13-14H2,1-6H3. The highest BCUT2D eigenvalue weighted by Crippen LogP contribution is 2.36. The summed E-state index contributed by atoms with van der Waals surface area (Å²) in [5, 5.41) is 0.253. The first-order chi connectivity index (χ1) is 9.67. The molecule has 0 aromatic heterocycles. The molecule has 21 heavy (non-hydrogen) atoms. The van der Waals surface area contributed by atoms with Crippen molar-refractivity contribution >= 4 is 14.1 Å². The van der Waals surface area contributed by atoms with Crippen LogP contribution in [0.3, 0.4) is 0 Å². The van der Waals surface area contributed by atoms with Crippen molar-refractivity contribution in [3.8, 4) is 0 Å². The van der Waals surface area contributed by atoms with Crippen molar-refractivity contribution in [1.82, 2.24) is 0 Å². The molecule has 0 aliphatic rings. The van der Waals surface area contributed by atoms with Gasteiger partial charge < -0.3 is 4.43 Å². The molecule has 0 radical (unpaired) electrons. The summed E-state index contributed by atoms with van der Waals surface area (Å²) in [6.07, 6.45) is 2.45. The SMILES string of the molecule is CCCC(=O)c1ccc(CCO[Si](C)(C)C(C)(C)C)cc1. The van der Waals surface area contributed by atoms with Crippen LogP contribution in [0.1, 0.15) is 56.5 Å². The summed E-state index contributed by atoms with van der Waals surface area (Å²) in [5.41, 5.74) is 2.06. The summed E-state index contributed by atoms with van der Waals surface area (Å²) in [6.45, 7) is 14.1. The molecule has 0 atom stereocenters. The van der Waals surface area contributed by atoms with Gasteiger partial charge in [-0.2, -0.15) is 0 Å². The first-order valence-electron chi connectivity index (χ1n) is 7.93. The molecule has 0 heterocycles. The number of benzene rings is 1. The van der Waals surface area contributed by atoms with Crippen molar-refractivity contribution in [1.29, 1.82) is 0 Å². The number of hydrogen-bond acceptors (Lipinski definition) is 2. The lowest BCUT2D eigenvalue weighted by Crippen LogP contribution is -2.41. The molecule has 118 valence electrons. The maximum absolute atomic E-state index is 11.8. The first kappa shape index (κ1) is 18.1. The Morgan fingerprint density at radius 3 is 2.19 bits per heavy atom. The van der Waals surface area contributed by atoms with E-state index in [1.807, 2.05) is 19.1 Å². The molecule has 0 N–H and O–H groups in total. The van der Waals surface area contributed by atoms with Gasteiger partial charge in [-0.1, -0.05) is 52.0 Å². The van der Waals surface area contributed by atoms with Gasteiger partial charge in [-0.25, -0.2) is 0 Å². The van der Waals surface area contributed by atoms with Crippen LogP contribution in [0.5, 0.6) is 0 Å². The van der Waals surface area contributed by atoms with Crippen LogP contribution in [-0.2, 0) is 10.8 Å². The summed E-state index contributed by atoms with van der Waals surface area (Å²) in [7, 11) is -1.65. The van der Waals surface area contributed by atoms with E-state index in [9.17, 15) is 4.79 Å². The highest BCUT2D eigenvalue weighted by atomic mass is 28.4. The number of carbonyl (C=O) groups is 1. The zero-order valence-corrected chi connectivity index (χ0v) is 15.5. The minimum Gasteiger partial charge on any atom is -0.416 e. The molecule has 1 aromatic carbocycles. The van der Waals surface area contributed by atoms with E-state index >= 15 is 0 Å². The fourth-order valence-electron chi connectivity index (χ4n) is 1.87. The summed E-state index contributed by atoms with van der Waals surface area (Å²) in [4.78, 5) is 11.8. The molecule has 0 unspecified atom stereocenters. The molecule has 1 rings (SSSR count). The third-order valence-corrected chi connectivity index (χ3v) is 8.95. The molecule has 0 amide bonds. The average Bonchev–Trinajstić information content (AvgIpc) is 2.38. The van der Waals surface area contributed by atoms with Crippen molar-refractivity contribution < 1.29 is 9.22 Å². The van der Waals surface area contributed by atoms with E-state index in [-0.39, 0.29) is 10.8 Å². The van der Waals surface area contributed by atoms with Gasteiger partial charge in [0.1, 0.15) is 0 Å². The van der Waals surface area contributed by atoms with Gasteiger partial charge in [-0.3, -0.25) is 4.79 Å². The van der Waals surface area contributed by atoms with E-state index < -0.39 is 8.32 Å². The Hall–Kier alpha value is -0.933. The van der Waals surface area contributed by atoms with Crippen LogP contribution < -0.4 is 0 Å². The normalized spacial score (nSPS) is 12.5. The minimum absolute atomic E-state index is 0.238. The third-order valence-electron chi connectivity index (χ3n) is 4.41. The smallest absolute Gasteiger partial charge is 0.191 e. The van der Waals surface area contributed by atoms with Crippen LogP contribution in [0, 0.1) is 0 Å². The zero-order chi connectivity index (χ0) is 16.1. The Morgan fingerprint density at radius 2 is 1.71 bits per heavy atom. The van der Waals surface area contributed by atoms with Gasteiger partial charge >= 0.3 is 0 Å². The maximum atomic E-state index is 11.8. The second-order valence-corrected chi connectivity index (χ2v) is 12.0. The fraction of sp³-hybridized carbons (Fsp3) is 0.611. The van der Waals surface area contributed by atoms with Crippen LogP contribution in [0.4, 0.5) is 0 Å². The van der Waals surface area contributed by atoms with Crippen LogP contribution >= 0.6 is 0 Å². The van der Waals surface area contributed by atoms with Gasteiger partial charge in [0.05, 0.1) is 0 Å². The number of rotatable bonds is 7. The summed E-state index contributed by atoms with van der Waals surface area (Å²) in [6, 6.07) is 8.00. The molecule has 0 saturated heterocycles. The molecular formula is C18H30O2Si. The molecule has 0 spiro atoms. The topological polar surface area (TPSA) is 26.3 Å². The predicted octanol–water partition coefficient (Wildman–Crippen LogP) is 5.23. The molecule has 0 aliphatic heterocycles. The molecule has 0 saturated carbocycles. The molecule has 2 nitrogen and oxygen atoms in total. The Kier molecular flexibility index (Phi) is 6.35. The van der Waals surface area contributed by atoms with Crippen molar-refractivity contribution in [3.63, 3.8) is 0 Å². The van der Waals surface area contributed by atoms with Crippen molar-refractivity contribution in [2.75, 3.05) is 6.61 Å². The summed E-state index contributed by atoms with van der Waals surface area (Å²) in [5.74, 6) is 0.238. The maximum Gasteiger partial charge on any atom is 0.191 e. The van der Waals surface area contributed by atoms with Gasteiger partial charge in [0, 0.05) is 18.6 Å². The fourth-order valence-corrected chi connectivity index (χ4v) is 2.91. The zero-order valence-electron chi connectivity index (χ0n) is 14.5. The van der Waals surface area contributed by atoms with E-state index in [0.29, 0.717) is 6.42 Å². The van der Waals surface area contributed by atoms with Crippen LogP contribution in [-0.4, -0.2) is 20.7 Å². The number of hydrogen-bond donors (Lipinski definition) is 0. The molecule has 0 fully saturated rings. The lowest BCUT2D eigenvalue weighted by Gasteiger charge is -2.36. The van der Waals surface area contributed by atoms with Crippen molar-refractivity contribution in [3.05, 3.63) is 35.4 Å². The molecule has 0 aliphatic carbocycles. The van der Waals surface area contributed by atoms with Crippen molar-refractivity contribution in [2.24, 2.45) is 0 Å². The highest BCUT2D eigenvalue weighted by molar-refractivity contribution is 6.74. The molecule has 0 bridgehead atoms. The quantitative estimate of drug-likeness (QED) is 0.509. The molecular weight excluding hydrogens is 276 g/mol. The molecule has 3 heteroatoms. The van der Waals surface area contributed by atoms with E-state index in [0.717, 1.165) is 25.0 Å². The van der Waals surface area contributed by atoms with E-state index in [4.69, 9.17) is 4.43 Å². The predicted molar refractivity (Wildman–Crippen MR) is 92.5 cm³/mol. The van der Waals surface area contributed by atoms with Crippen LogP contribution in [0.2, 0.25) is 18.1 Å². The lowest BCUT2D eigenvalue weighted by atomic mass is 10.0. The van der Waals surface area contributed by atoms with Gasteiger partial charge in [0.25, 0.3) is 0 Å².